The van der Waals surface area contributed by atoms with Crippen LogP contribution in [0.2, 0.25) is 0 Å². The number of hydrogen-bond acceptors (Lipinski definition) is 4. The zero-order valence-corrected chi connectivity index (χ0v) is 11.5. The summed E-state index contributed by atoms with van der Waals surface area (Å²) in [6.45, 7) is 1.10. The van der Waals surface area contributed by atoms with Crippen molar-refractivity contribution in [2.45, 2.75) is 6.10 Å². The van der Waals surface area contributed by atoms with E-state index < -0.39 is 0 Å². The largest absolute Gasteiger partial charge is 0.471 e. The molecule has 1 amide bonds. The molecule has 1 saturated heterocycles. The summed E-state index contributed by atoms with van der Waals surface area (Å²) in [5, 5.41) is 0. The Kier molecular flexibility index (Phi) is 3.25. The molecule has 3 rings (SSSR count). The Bertz CT molecular complexity index is 579. The molecule has 3 heterocycles. The molecule has 0 radical (unpaired) electrons. The van der Waals surface area contributed by atoms with Crippen LogP contribution in [-0.2, 0) is 0 Å². The van der Waals surface area contributed by atoms with Crippen LogP contribution in [0.3, 0.4) is 0 Å². The molecular weight excluding hydrogens is 312 g/mol. The molecule has 1 aliphatic rings. The number of ether oxygens (including phenoxy) is 1. The third-order valence-electron chi connectivity index (χ3n) is 2.84. The van der Waals surface area contributed by atoms with E-state index in [9.17, 15) is 4.79 Å². The number of pyridine rings is 1. The molecule has 19 heavy (non-hydrogen) atoms. The van der Waals surface area contributed by atoms with Gasteiger partial charge in [-0.05, 0) is 34.1 Å². The van der Waals surface area contributed by atoms with Crippen LogP contribution in [0.5, 0.6) is 5.88 Å². The van der Waals surface area contributed by atoms with Gasteiger partial charge in [0.25, 0.3) is 5.91 Å². The molecule has 0 spiro atoms. The average molecular weight is 323 g/mol. The third-order valence-corrected chi connectivity index (χ3v) is 3.27. The van der Waals surface area contributed by atoms with E-state index in [1.807, 2.05) is 12.1 Å². The van der Waals surface area contributed by atoms with E-state index in [1.54, 1.807) is 29.3 Å². The van der Waals surface area contributed by atoms with Gasteiger partial charge in [0, 0.05) is 12.3 Å². The molecule has 0 aliphatic carbocycles. The third kappa shape index (κ3) is 2.63. The highest BCUT2D eigenvalue weighted by molar-refractivity contribution is 9.10. The highest BCUT2D eigenvalue weighted by Crippen LogP contribution is 2.20. The van der Waals surface area contributed by atoms with Crippen molar-refractivity contribution >= 4 is 21.8 Å². The van der Waals surface area contributed by atoms with Crippen molar-refractivity contribution in [1.82, 2.24) is 9.88 Å². The second-order valence-electron chi connectivity index (χ2n) is 4.22. The summed E-state index contributed by atoms with van der Waals surface area (Å²) in [6, 6.07) is 8.85. The molecule has 0 saturated carbocycles. The summed E-state index contributed by atoms with van der Waals surface area (Å²) in [6.07, 6.45) is 1.68. The van der Waals surface area contributed by atoms with E-state index in [1.165, 1.54) is 0 Å². The number of carbonyl (C=O) groups excluding carboxylic acids is 1. The molecule has 0 atom stereocenters. The van der Waals surface area contributed by atoms with Crippen LogP contribution in [0.1, 0.15) is 10.6 Å². The van der Waals surface area contributed by atoms with Crippen molar-refractivity contribution in [2.24, 2.45) is 0 Å². The first-order valence-corrected chi connectivity index (χ1v) is 6.64. The van der Waals surface area contributed by atoms with Crippen LogP contribution in [0, 0.1) is 0 Å². The van der Waals surface area contributed by atoms with Crippen LogP contribution in [0.25, 0.3) is 0 Å². The first-order valence-electron chi connectivity index (χ1n) is 5.84. The van der Waals surface area contributed by atoms with E-state index in [4.69, 9.17) is 9.15 Å². The number of carbonyl (C=O) groups is 1. The van der Waals surface area contributed by atoms with Gasteiger partial charge in [-0.15, -0.1) is 0 Å². The summed E-state index contributed by atoms with van der Waals surface area (Å²) >= 11 is 3.18. The minimum absolute atomic E-state index is 0.00254. The first-order chi connectivity index (χ1) is 9.22. The van der Waals surface area contributed by atoms with Gasteiger partial charge in [-0.1, -0.05) is 6.07 Å². The summed E-state index contributed by atoms with van der Waals surface area (Å²) in [7, 11) is 0. The zero-order valence-electron chi connectivity index (χ0n) is 9.95. The normalized spacial score (nSPS) is 15.1. The molecule has 1 fully saturated rings. The van der Waals surface area contributed by atoms with E-state index in [0.717, 1.165) is 0 Å². The van der Waals surface area contributed by atoms with E-state index in [-0.39, 0.29) is 12.0 Å². The lowest BCUT2D eigenvalue weighted by Gasteiger charge is -2.38. The van der Waals surface area contributed by atoms with E-state index >= 15 is 0 Å². The van der Waals surface area contributed by atoms with Crippen molar-refractivity contribution < 1.29 is 13.9 Å². The van der Waals surface area contributed by atoms with Gasteiger partial charge in [0.2, 0.25) is 5.88 Å². The minimum atomic E-state index is -0.119. The maximum Gasteiger partial charge on any atom is 0.289 e. The molecule has 5 nitrogen and oxygen atoms in total. The van der Waals surface area contributed by atoms with Gasteiger partial charge in [-0.2, -0.15) is 0 Å². The van der Waals surface area contributed by atoms with Crippen LogP contribution < -0.4 is 4.74 Å². The molecule has 0 N–H and O–H groups in total. The standard InChI is InChI=1S/C13H11BrN2O3/c14-11-5-4-10(19-11)13(17)16-7-9(8-16)18-12-3-1-2-6-15-12/h1-6,9H,7-8H2. The fourth-order valence-corrected chi connectivity index (χ4v) is 2.16. The van der Waals surface area contributed by atoms with E-state index in [2.05, 4.69) is 20.9 Å². The fourth-order valence-electron chi connectivity index (χ4n) is 1.85. The Hall–Kier alpha value is -1.82. The number of hydrogen-bond donors (Lipinski definition) is 0. The maximum atomic E-state index is 12.0. The molecule has 6 heteroatoms. The molecule has 98 valence electrons. The molecule has 2 aromatic heterocycles. The fraction of sp³-hybridized carbons (Fsp3) is 0.231. The zero-order chi connectivity index (χ0) is 13.2. The van der Waals surface area contributed by atoms with Gasteiger partial charge in [-0.3, -0.25) is 4.79 Å². The van der Waals surface area contributed by atoms with Gasteiger partial charge >= 0.3 is 0 Å². The van der Waals surface area contributed by atoms with Gasteiger partial charge in [0.15, 0.2) is 10.4 Å². The van der Waals surface area contributed by atoms with E-state index in [0.29, 0.717) is 29.4 Å². The Morgan fingerprint density at radius 3 is 2.84 bits per heavy atom. The van der Waals surface area contributed by atoms with Crippen LogP contribution in [-0.4, -0.2) is 35.0 Å². The second-order valence-corrected chi connectivity index (χ2v) is 5.00. The smallest absolute Gasteiger partial charge is 0.289 e. The van der Waals surface area contributed by atoms with Gasteiger partial charge in [0.05, 0.1) is 13.1 Å². The summed E-state index contributed by atoms with van der Waals surface area (Å²) in [4.78, 5) is 17.7. The second kappa shape index (κ2) is 5.05. The average Bonchev–Trinajstić information content (AvgIpc) is 2.80. The predicted octanol–water partition coefficient (Wildman–Crippen LogP) is 2.34. The summed E-state index contributed by atoms with van der Waals surface area (Å²) < 4.78 is 11.4. The highest BCUT2D eigenvalue weighted by Gasteiger charge is 2.34. The van der Waals surface area contributed by atoms with Crippen molar-refractivity contribution in [3.8, 4) is 5.88 Å². The van der Waals surface area contributed by atoms with Crippen LogP contribution in [0.4, 0.5) is 0 Å². The van der Waals surface area contributed by atoms with Gasteiger partial charge < -0.3 is 14.1 Å². The number of amides is 1. The minimum Gasteiger partial charge on any atom is -0.471 e. The predicted molar refractivity (Wildman–Crippen MR) is 71.0 cm³/mol. The Morgan fingerprint density at radius 2 is 2.21 bits per heavy atom. The van der Waals surface area contributed by atoms with Crippen molar-refractivity contribution in [1.29, 1.82) is 0 Å². The number of nitrogens with zero attached hydrogens (tertiary/aromatic N) is 2. The Morgan fingerprint density at radius 1 is 1.37 bits per heavy atom. The van der Waals surface area contributed by atoms with Gasteiger partial charge in [0.1, 0.15) is 6.10 Å². The number of aromatic nitrogens is 1. The SMILES string of the molecule is O=C(c1ccc(Br)o1)N1CC(Oc2ccccn2)C1. The summed E-state index contributed by atoms with van der Waals surface area (Å²) in [5.41, 5.74) is 0. The van der Waals surface area contributed by atoms with Crippen molar-refractivity contribution in [2.75, 3.05) is 13.1 Å². The lowest BCUT2D eigenvalue weighted by atomic mass is 10.1. The monoisotopic (exact) mass is 322 g/mol. The first kappa shape index (κ1) is 12.2. The topological polar surface area (TPSA) is 55.6 Å². The molecule has 0 bridgehead atoms. The lowest BCUT2D eigenvalue weighted by molar-refractivity contribution is 0.0137. The Balaban J connectivity index is 1.54. The van der Waals surface area contributed by atoms with Gasteiger partial charge in [-0.25, -0.2) is 4.98 Å². The quantitative estimate of drug-likeness (QED) is 0.870. The molecule has 2 aromatic rings. The molecule has 0 unspecified atom stereocenters. The highest BCUT2D eigenvalue weighted by atomic mass is 79.9. The lowest BCUT2D eigenvalue weighted by Crippen LogP contribution is -2.56. The summed E-state index contributed by atoms with van der Waals surface area (Å²) in [5.74, 6) is 0.801. The van der Waals surface area contributed by atoms with Crippen molar-refractivity contribution in [3.63, 3.8) is 0 Å². The Labute approximate surface area is 118 Å². The van der Waals surface area contributed by atoms with Crippen LogP contribution in [0.15, 0.2) is 45.6 Å². The molecule has 1 aliphatic heterocycles. The molecule has 0 aromatic carbocycles. The number of furan rings is 1. The number of rotatable bonds is 3. The van der Waals surface area contributed by atoms with Crippen LogP contribution >= 0.6 is 15.9 Å². The molecular formula is C13H11BrN2O3. The maximum absolute atomic E-state index is 12.0. The van der Waals surface area contributed by atoms with Crippen molar-refractivity contribution in [3.05, 3.63) is 47.0 Å². The number of halogens is 1. The number of likely N-dealkylation sites (tertiary alicyclic amines) is 1.